The van der Waals surface area contributed by atoms with Crippen molar-refractivity contribution in [1.82, 2.24) is 15.1 Å². The third-order valence-electron chi connectivity index (χ3n) is 0.671. The van der Waals surface area contributed by atoms with Crippen molar-refractivity contribution < 1.29 is 4.79 Å². The molecule has 1 aromatic heterocycles. The molecule has 0 spiro atoms. The molecule has 0 aliphatic rings. The second-order valence-corrected chi connectivity index (χ2v) is 1.16. The van der Waals surface area contributed by atoms with Crippen molar-refractivity contribution in [3.63, 3.8) is 0 Å². The molecule has 1 radical (unpaired) electrons. The van der Waals surface area contributed by atoms with E-state index in [0.29, 0.717) is 6.41 Å². The van der Waals surface area contributed by atoms with Gasteiger partial charge in [-0.1, -0.05) is 0 Å². The van der Waals surface area contributed by atoms with Crippen molar-refractivity contribution in [3.05, 3.63) is 18.7 Å². The molecule has 0 aliphatic heterocycles. The van der Waals surface area contributed by atoms with E-state index in [0.717, 1.165) is 0 Å². The van der Waals surface area contributed by atoms with Gasteiger partial charge in [0.25, 0.3) is 6.41 Å². The molecular weight excluding hydrogens is 106 g/mol. The molecule has 0 unspecified atom stereocenters. The molecule has 0 fully saturated rings. The lowest BCUT2D eigenvalue weighted by atomic mass is 11.0. The fraction of sp³-hybridized carbons (Fsp3) is 0. The van der Waals surface area contributed by atoms with Crippen molar-refractivity contribution >= 4 is 6.41 Å². The molecule has 0 atom stereocenters. The summed E-state index contributed by atoms with van der Waals surface area (Å²) in [4.78, 5) is 13.3. The van der Waals surface area contributed by atoms with Crippen LogP contribution in [-0.4, -0.2) is 16.1 Å². The summed E-state index contributed by atoms with van der Waals surface area (Å²) < 4.78 is 1.33. The van der Waals surface area contributed by atoms with Crippen LogP contribution in [0.2, 0.25) is 0 Å². The molecule has 8 heavy (non-hydrogen) atoms. The van der Waals surface area contributed by atoms with Crippen molar-refractivity contribution in [2.45, 2.75) is 0 Å². The minimum absolute atomic E-state index is 0.460. The highest BCUT2D eigenvalue weighted by Gasteiger charge is 1.82. The number of hydrogen-bond acceptors (Lipinski definition) is 2. The molecule has 1 aromatic rings. The van der Waals surface area contributed by atoms with Crippen LogP contribution >= 0.6 is 0 Å². The van der Waals surface area contributed by atoms with E-state index in [1.807, 2.05) is 0 Å². The van der Waals surface area contributed by atoms with Crippen LogP contribution in [0.25, 0.3) is 0 Å². The van der Waals surface area contributed by atoms with E-state index >= 15 is 0 Å². The second kappa shape index (κ2) is 2.11. The van der Waals surface area contributed by atoms with Gasteiger partial charge in [-0.05, 0) is 0 Å². The maximum absolute atomic E-state index is 9.66. The van der Waals surface area contributed by atoms with E-state index in [1.54, 1.807) is 12.4 Å². The second-order valence-electron chi connectivity index (χ2n) is 1.16. The molecule has 41 valence electrons. The van der Waals surface area contributed by atoms with Crippen LogP contribution in [0.5, 0.6) is 0 Å². The van der Waals surface area contributed by atoms with E-state index in [9.17, 15) is 4.79 Å². The van der Waals surface area contributed by atoms with Crippen LogP contribution < -0.4 is 5.43 Å². The molecule has 1 rings (SSSR count). The largest absolute Gasteiger partial charge is 0.275 e. The zero-order chi connectivity index (χ0) is 5.82. The van der Waals surface area contributed by atoms with Gasteiger partial charge in [0.05, 0.1) is 0 Å². The minimum atomic E-state index is 0.460. The third kappa shape index (κ3) is 0.841. The zero-order valence-corrected chi connectivity index (χ0v) is 4.06. The number of carbonyl (C=O) groups excluding carboxylic acids is 1. The molecule has 1 amide bonds. The van der Waals surface area contributed by atoms with Gasteiger partial charge in [-0.15, -0.1) is 5.43 Å². The predicted octanol–water partition coefficient (Wildman–Crippen LogP) is -0.593. The first kappa shape index (κ1) is 4.83. The number of hydrogen-bond donors (Lipinski definition) is 0. The van der Waals surface area contributed by atoms with Gasteiger partial charge in [0.15, 0.2) is 0 Å². The Kier molecular flexibility index (Phi) is 1.27. The van der Waals surface area contributed by atoms with Gasteiger partial charge in [-0.3, -0.25) is 4.79 Å². The fourth-order valence-electron chi connectivity index (χ4n) is 0.375. The van der Waals surface area contributed by atoms with Gasteiger partial charge in [-0.2, -0.15) is 0 Å². The summed E-state index contributed by atoms with van der Waals surface area (Å²) >= 11 is 0. The van der Waals surface area contributed by atoms with Gasteiger partial charge in [0, 0.05) is 12.4 Å². The standard InChI is InChI=1S/C4H4N3O/c8-4-6-7-2-1-5-3-7/h1-4H. The van der Waals surface area contributed by atoms with Crippen LogP contribution in [0.15, 0.2) is 18.7 Å². The molecule has 0 aromatic carbocycles. The molecule has 0 saturated carbocycles. The first-order valence-corrected chi connectivity index (χ1v) is 2.06. The fourth-order valence-corrected chi connectivity index (χ4v) is 0.375. The Balaban J connectivity index is 2.62. The first-order chi connectivity index (χ1) is 3.93. The number of nitrogens with zero attached hydrogens (tertiary/aromatic N) is 3. The summed E-state index contributed by atoms with van der Waals surface area (Å²) in [6.07, 6.45) is 5.03. The van der Waals surface area contributed by atoms with Gasteiger partial charge in [0.2, 0.25) is 0 Å². The smallest absolute Gasteiger partial charge is 0.250 e. The predicted molar refractivity (Wildman–Crippen MR) is 25.8 cm³/mol. The average molecular weight is 110 g/mol. The van der Waals surface area contributed by atoms with Crippen LogP contribution in [0.4, 0.5) is 0 Å². The normalized spacial score (nSPS) is 8.50. The summed E-state index contributed by atoms with van der Waals surface area (Å²) in [6, 6.07) is 0. The molecule has 4 heteroatoms. The molecule has 0 bridgehead atoms. The summed E-state index contributed by atoms with van der Waals surface area (Å²) in [6.45, 7) is 0. The van der Waals surface area contributed by atoms with Crippen LogP contribution in [-0.2, 0) is 4.79 Å². The highest BCUT2D eigenvalue weighted by Crippen LogP contribution is 1.75. The van der Waals surface area contributed by atoms with E-state index < -0.39 is 0 Å². The summed E-state index contributed by atoms with van der Waals surface area (Å²) in [5, 5.41) is 0. The van der Waals surface area contributed by atoms with E-state index in [2.05, 4.69) is 10.4 Å². The van der Waals surface area contributed by atoms with E-state index in [-0.39, 0.29) is 0 Å². The van der Waals surface area contributed by atoms with E-state index in [1.165, 1.54) is 11.0 Å². The molecular formula is C4H4N3O. The van der Waals surface area contributed by atoms with E-state index in [4.69, 9.17) is 0 Å². The Labute approximate surface area is 46.1 Å². The highest BCUT2D eigenvalue weighted by atomic mass is 16.1. The maximum atomic E-state index is 9.66. The Morgan fingerprint density at radius 2 is 2.62 bits per heavy atom. The van der Waals surface area contributed by atoms with Crippen LogP contribution in [0, 0.1) is 0 Å². The van der Waals surface area contributed by atoms with Crippen LogP contribution in [0.3, 0.4) is 0 Å². The lowest BCUT2D eigenvalue weighted by molar-refractivity contribution is -0.110. The SMILES string of the molecule is O=C[N]n1ccnc1. The van der Waals surface area contributed by atoms with Crippen molar-refractivity contribution in [3.8, 4) is 0 Å². The molecule has 4 nitrogen and oxygen atoms in total. The number of amides is 1. The molecule has 0 aliphatic carbocycles. The lowest BCUT2D eigenvalue weighted by Gasteiger charge is -1.86. The Bertz CT molecular complexity index is 158. The quantitative estimate of drug-likeness (QED) is 0.477. The number of imidazole rings is 1. The minimum Gasteiger partial charge on any atom is -0.275 e. The summed E-state index contributed by atoms with van der Waals surface area (Å²) in [5.41, 5.74) is 3.34. The van der Waals surface area contributed by atoms with Gasteiger partial charge >= 0.3 is 0 Å². The maximum Gasteiger partial charge on any atom is 0.250 e. The Morgan fingerprint density at radius 3 is 3.12 bits per heavy atom. The lowest BCUT2D eigenvalue weighted by Crippen LogP contribution is -2.07. The van der Waals surface area contributed by atoms with Crippen molar-refractivity contribution in [1.29, 1.82) is 0 Å². The number of carbonyl (C=O) groups is 1. The molecule has 1 heterocycles. The highest BCUT2D eigenvalue weighted by molar-refractivity contribution is 5.44. The van der Waals surface area contributed by atoms with Gasteiger partial charge < -0.3 is 0 Å². The first-order valence-electron chi connectivity index (χ1n) is 2.06. The summed E-state index contributed by atoms with van der Waals surface area (Å²) in [7, 11) is 0. The van der Waals surface area contributed by atoms with Crippen LogP contribution in [0.1, 0.15) is 0 Å². The Hall–Kier alpha value is -1.32. The van der Waals surface area contributed by atoms with Crippen molar-refractivity contribution in [2.75, 3.05) is 0 Å². The monoisotopic (exact) mass is 110 g/mol. The molecule has 0 saturated heterocycles. The average Bonchev–Trinajstić information content (AvgIpc) is 2.19. The molecule has 0 N–H and O–H groups in total. The summed E-state index contributed by atoms with van der Waals surface area (Å²) in [5.74, 6) is 0. The van der Waals surface area contributed by atoms with Crippen molar-refractivity contribution in [2.24, 2.45) is 0 Å². The number of rotatable bonds is 2. The van der Waals surface area contributed by atoms with Gasteiger partial charge in [-0.25, -0.2) is 9.66 Å². The number of aromatic nitrogens is 2. The van der Waals surface area contributed by atoms with Gasteiger partial charge in [0.1, 0.15) is 6.33 Å². The zero-order valence-electron chi connectivity index (χ0n) is 4.06. The Morgan fingerprint density at radius 1 is 1.75 bits per heavy atom. The topological polar surface area (TPSA) is 49.0 Å². The third-order valence-corrected chi connectivity index (χ3v) is 0.671.